The molecule has 1 aromatic carbocycles. The molecule has 2 rings (SSSR count). The lowest BCUT2D eigenvalue weighted by Crippen LogP contribution is -2.18. The Labute approximate surface area is 93.4 Å². The van der Waals surface area contributed by atoms with Gasteiger partial charge in [-0.25, -0.2) is 4.39 Å². The summed E-state index contributed by atoms with van der Waals surface area (Å²) in [5.41, 5.74) is 6.48. The van der Waals surface area contributed by atoms with Crippen LogP contribution in [0.25, 0.3) is 0 Å². The summed E-state index contributed by atoms with van der Waals surface area (Å²) in [4.78, 5) is 0. The number of hydrogen-bond acceptors (Lipinski definition) is 3. The average molecular weight is 226 g/mol. The quantitative estimate of drug-likeness (QED) is 0.775. The van der Waals surface area contributed by atoms with Crippen LogP contribution in [0, 0.1) is 5.82 Å². The van der Waals surface area contributed by atoms with E-state index in [0.717, 1.165) is 6.54 Å². The molecule has 0 amide bonds. The van der Waals surface area contributed by atoms with E-state index in [0.29, 0.717) is 16.1 Å². The Kier molecular flexibility index (Phi) is 2.78. The van der Waals surface area contributed by atoms with E-state index in [9.17, 15) is 4.39 Å². The van der Waals surface area contributed by atoms with Gasteiger partial charge in [-0.3, -0.25) is 0 Å². The Morgan fingerprint density at radius 3 is 2.80 bits per heavy atom. The van der Waals surface area contributed by atoms with Gasteiger partial charge in [0.25, 0.3) is 0 Å². The summed E-state index contributed by atoms with van der Waals surface area (Å²) in [6, 6.07) is 4.76. The number of nitrogens with one attached hydrogen (secondary N) is 1. The van der Waals surface area contributed by atoms with Crippen LogP contribution in [-0.2, 0) is 0 Å². The smallest absolute Gasteiger partial charge is 0.148 e. The molecule has 0 heterocycles. The number of anilines is 2. The molecule has 15 heavy (non-hydrogen) atoms. The zero-order valence-electron chi connectivity index (χ0n) is 8.72. The predicted molar refractivity (Wildman–Crippen MR) is 64.8 cm³/mol. The second-order valence-electron chi connectivity index (χ2n) is 3.98. The Balaban J connectivity index is 1.99. The maximum atomic E-state index is 13.4. The first-order valence-corrected chi connectivity index (χ1v) is 6.22. The summed E-state index contributed by atoms with van der Waals surface area (Å²) >= 11 is 1.86. The molecule has 2 nitrogen and oxygen atoms in total. The van der Waals surface area contributed by atoms with E-state index >= 15 is 0 Å². The molecular formula is C11H15FN2S. The summed E-state index contributed by atoms with van der Waals surface area (Å²) in [6.07, 6.45) is 4.55. The van der Waals surface area contributed by atoms with Crippen molar-refractivity contribution in [3.05, 3.63) is 24.0 Å². The van der Waals surface area contributed by atoms with Crippen LogP contribution in [0.3, 0.4) is 0 Å². The summed E-state index contributed by atoms with van der Waals surface area (Å²) in [5, 5.41) is 3.14. The standard InChI is InChI=1S/C11H15FN2S/c1-15-11(4-5-11)7-14-10-3-2-8(13)6-9(10)12/h2-3,6,14H,4-5,7,13H2,1H3. The fourth-order valence-corrected chi connectivity index (χ4v) is 2.25. The topological polar surface area (TPSA) is 38.0 Å². The molecule has 0 bridgehead atoms. The molecule has 0 aromatic heterocycles. The maximum absolute atomic E-state index is 13.4. The van der Waals surface area contributed by atoms with Gasteiger partial charge in [0.15, 0.2) is 0 Å². The molecule has 3 N–H and O–H groups in total. The number of nitrogens with two attached hydrogens (primary N) is 1. The Hall–Kier alpha value is -0.900. The van der Waals surface area contributed by atoms with Crippen molar-refractivity contribution in [1.29, 1.82) is 0 Å². The molecule has 4 heteroatoms. The maximum Gasteiger partial charge on any atom is 0.148 e. The van der Waals surface area contributed by atoms with Gasteiger partial charge in [-0.05, 0) is 37.3 Å². The molecular weight excluding hydrogens is 211 g/mol. The van der Waals surface area contributed by atoms with Crippen molar-refractivity contribution in [3.63, 3.8) is 0 Å². The van der Waals surface area contributed by atoms with Crippen LogP contribution in [0.15, 0.2) is 18.2 Å². The molecule has 0 atom stereocenters. The number of thioether (sulfide) groups is 1. The van der Waals surface area contributed by atoms with Crippen LogP contribution >= 0.6 is 11.8 Å². The third-order valence-corrected chi connectivity index (χ3v) is 4.25. The van der Waals surface area contributed by atoms with Gasteiger partial charge in [-0.15, -0.1) is 0 Å². The van der Waals surface area contributed by atoms with E-state index < -0.39 is 0 Å². The molecule has 82 valence electrons. The molecule has 0 aliphatic heterocycles. The van der Waals surface area contributed by atoms with Gasteiger partial charge < -0.3 is 11.1 Å². The molecule has 0 spiro atoms. The fourth-order valence-electron chi connectivity index (χ4n) is 1.52. The minimum Gasteiger partial charge on any atom is -0.399 e. The summed E-state index contributed by atoms with van der Waals surface area (Å²) in [7, 11) is 0. The molecule has 1 saturated carbocycles. The summed E-state index contributed by atoms with van der Waals surface area (Å²) < 4.78 is 13.7. The van der Waals surface area contributed by atoms with Gasteiger partial charge in [-0.2, -0.15) is 11.8 Å². The number of hydrogen-bond donors (Lipinski definition) is 2. The van der Waals surface area contributed by atoms with E-state index in [1.807, 2.05) is 11.8 Å². The first-order valence-electron chi connectivity index (χ1n) is 4.99. The molecule has 1 aliphatic rings. The van der Waals surface area contributed by atoms with Crippen LogP contribution in [0.2, 0.25) is 0 Å². The Bertz CT molecular complexity index is 364. The monoisotopic (exact) mass is 226 g/mol. The second-order valence-corrected chi connectivity index (χ2v) is 5.25. The molecule has 0 radical (unpaired) electrons. The van der Waals surface area contributed by atoms with Gasteiger partial charge >= 0.3 is 0 Å². The largest absolute Gasteiger partial charge is 0.399 e. The lowest BCUT2D eigenvalue weighted by atomic mass is 10.2. The highest BCUT2D eigenvalue weighted by molar-refractivity contribution is 8.00. The van der Waals surface area contributed by atoms with Crippen LogP contribution in [0.5, 0.6) is 0 Å². The molecule has 1 fully saturated rings. The van der Waals surface area contributed by atoms with Gasteiger partial charge in [0.05, 0.1) is 5.69 Å². The fraction of sp³-hybridized carbons (Fsp3) is 0.455. The van der Waals surface area contributed by atoms with Crippen LogP contribution in [0.4, 0.5) is 15.8 Å². The third-order valence-electron chi connectivity index (χ3n) is 2.83. The highest BCUT2D eigenvalue weighted by atomic mass is 32.2. The molecule has 1 aromatic rings. The average Bonchev–Trinajstić information content (AvgIpc) is 2.97. The van der Waals surface area contributed by atoms with Crippen LogP contribution in [0.1, 0.15) is 12.8 Å². The highest BCUT2D eigenvalue weighted by Crippen LogP contribution is 2.47. The number of nitrogen functional groups attached to an aromatic ring is 1. The summed E-state index contributed by atoms with van der Waals surface area (Å²) in [5.74, 6) is -0.271. The molecule has 0 unspecified atom stereocenters. The van der Waals surface area contributed by atoms with Crippen molar-refractivity contribution in [2.75, 3.05) is 23.9 Å². The zero-order chi connectivity index (χ0) is 10.9. The second kappa shape index (κ2) is 3.93. The number of benzene rings is 1. The summed E-state index contributed by atoms with van der Waals surface area (Å²) in [6.45, 7) is 0.828. The third kappa shape index (κ3) is 2.37. The molecule has 0 saturated heterocycles. The lowest BCUT2D eigenvalue weighted by Gasteiger charge is -2.14. The highest BCUT2D eigenvalue weighted by Gasteiger charge is 2.41. The zero-order valence-corrected chi connectivity index (χ0v) is 9.53. The van der Waals surface area contributed by atoms with Crippen molar-refractivity contribution in [3.8, 4) is 0 Å². The first kappa shape index (κ1) is 10.6. The van der Waals surface area contributed by atoms with Gasteiger partial charge in [0.2, 0.25) is 0 Å². The van der Waals surface area contributed by atoms with Crippen molar-refractivity contribution >= 4 is 23.1 Å². The minimum atomic E-state index is -0.271. The van der Waals surface area contributed by atoms with Crippen molar-refractivity contribution in [1.82, 2.24) is 0 Å². The normalized spacial score (nSPS) is 17.5. The van der Waals surface area contributed by atoms with Crippen molar-refractivity contribution < 1.29 is 4.39 Å². The van der Waals surface area contributed by atoms with E-state index in [-0.39, 0.29) is 5.82 Å². The van der Waals surface area contributed by atoms with Gasteiger partial charge in [0, 0.05) is 17.0 Å². The van der Waals surface area contributed by atoms with Crippen LogP contribution < -0.4 is 11.1 Å². The van der Waals surface area contributed by atoms with E-state index in [1.165, 1.54) is 18.9 Å². The number of rotatable bonds is 4. The van der Waals surface area contributed by atoms with Crippen molar-refractivity contribution in [2.45, 2.75) is 17.6 Å². The SMILES string of the molecule is CSC1(CNc2ccc(N)cc2F)CC1. The Morgan fingerprint density at radius 1 is 1.53 bits per heavy atom. The van der Waals surface area contributed by atoms with Crippen molar-refractivity contribution in [2.24, 2.45) is 0 Å². The number of halogens is 1. The van der Waals surface area contributed by atoms with Gasteiger partial charge in [0.1, 0.15) is 5.82 Å². The van der Waals surface area contributed by atoms with Crippen LogP contribution in [-0.4, -0.2) is 17.5 Å². The Morgan fingerprint density at radius 2 is 2.27 bits per heavy atom. The van der Waals surface area contributed by atoms with E-state index in [1.54, 1.807) is 12.1 Å². The van der Waals surface area contributed by atoms with E-state index in [4.69, 9.17) is 5.73 Å². The minimum absolute atomic E-state index is 0.271. The first-order chi connectivity index (χ1) is 7.15. The molecule has 1 aliphatic carbocycles. The van der Waals surface area contributed by atoms with E-state index in [2.05, 4.69) is 11.6 Å². The van der Waals surface area contributed by atoms with Gasteiger partial charge in [-0.1, -0.05) is 0 Å². The predicted octanol–water partition coefficient (Wildman–Crippen LogP) is 2.72. The lowest BCUT2D eigenvalue weighted by molar-refractivity contribution is 0.630.